The molecule has 27 heavy (non-hydrogen) atoms. The Morgan fingerprint density at radius 2 is 1.89 bits per heavy atom. The van der Waals surface area contributed by atoms with Gasteiger partial charge in [-0.3, -0.25) is 4.79 Å². The normalized spacial score (nSPS) is 16.7. The first-order valence-corrected chi connectivity index (χ1v) is 9.61. The van der Waals surface area contributed by atoms with Crippen molar-refractivity contribution in [3.63, 3.8) is 0 Å². The summed E-state index contributed by atoms with van der Waals surface area (Å²) in [6, 6.07) is 7.52. The third-order valence-corrected chi connectivity index (χ3v) is 5.03. The number of nitrogens with one attached hydrogen (secondary N) is 1. The van der Waals surface area contributed by atoms with Crippen LogP contribution in [0.15, 0.2) is 28.7 Å². The van der Waals surface area contributed by atoms with Gasteiger partial charge in [-0.2, -0.15) is 0 Å². The Morgan fingerprint density at radius 1 is 1.19 bits per heavy atom. The summed E-state index contributed by atoms with van der Waals surface area (Å²) in [7, 11) is 1.56. The summed E-state index contributed by atoms with van der Waals surface area (Å²) in [5, 5.41) is 3.82. The molecule has 1 saturated carbocycles. The van der Waals surface area contributed by atoms with Crippen LogP contribution < -0.4 is 5.32 Å². The Labute approximate surface area is 159 Å². The van der Waals surface area contributed by atoms with Gasteiger partial charge in [0.15, 0.2) is 6.10 Å². The van der Waals surface area contributed by atoms with Crippen LogP contribution in [0.25, 0.3) is 11.0 Å². The highest BCUT2D eigenvalue weighted by atomic mass is 16.6. The molecule has 6 heteroatoms. The fraction of sp³-hybridized carbons (Fsp3) is 0.524. The average molecular weight is 373 g/mol. The lowest BCUT2D eigenvalue weighted by Gasteiger charge is -2.19. The minimum absolute atomic E-state index is 0.0900. The Kier molecular flexibility index (Phi) is 6.50. The third kappa shape index (κ3) is 4.69. The van der Waals surface area contributed by atoms with E-state index in [-0.39, 0.29) is 24.3 Å². The lowest BCUT2D eigenvalue weighted by atomic mass is 10.1. The minimum Gasteiger partial charge on any atom is -0.449 e. The van der Waals surface area contributed by atoms with Crippen LogP contribution in [0.5, 0.6) is 0 Å². The second-order valence-corrected chi connectivity index (χ2v) is 7.08. The molecule has 146 valence electrons. The molecule has 0 bridgehead atoms. The molecule has 1 aliphatic rings. The number of esters is 1. The van der Waals surface area contributed by atoms with E-state index in [9.17, 15) is 9.59 Å². The lowest BCUT2D eigenvalue weighted by molar-refractivity contribution is -0.130. The highest BCUT2D eigenvalue weighted by Crippen LogP contribution is 2.27. The maximum atomic E-state index is 12.6. The maximum absolute atomic E-state index is 12.6. The van der Waals surface area contributed by atoms with Gasteiger partial charge in [0, 0.05) is 24.1 Å². The van der Waals surface area contributed by atoms with Crippen LogP contribution in [-0.4, -0.2) is 31.1 Å². The van der Waals surface area contributed by atoms with Crippen molar-refractivity contribution in [3.8, 4) is 0 Å². The molecular formula is C21H27NO5. The van der Waals surface area contributed by atoms with E-state index in [2.05, 4.69) is 5.32 Å². The molecule has 1 N–H and O–H groups in total. The predicted octanol–water partition coefficient (Wildman–Crippen LogP) is 3.96. The number of fused-ring (bicyclic) bond motifs is 1. The van der Waals surface area contributed by atoms with Gasteiger partial charge in [0.1, 0.15) is 5.58 Å². The van der Waals surface area contributed by atoms with Gasteiger partial charge in [-0.15, -0.1) is 0 Å². The van der Waals surface area contributed by atoms with Crippen LogP contribution in [-0.2, 0) is 20.9 Å². The van der Waals surface area contributed by atoms with Crippen LogP contribution >= 0.6 is 0 Å². The summed E-state index contributed by atoms with van der Waals surface area (Å²) < 4.78 is 16.3. The topological polar surface area (TPSA) is 77.8 Å². The molecule has 0 radical (unpaired) electrons. The number of benzene rings is 1. The zero-order valence-corrected chi connectivity index (χ0v) is 16.0. The quantitative estimate of drug-likeness (QED) is 0.612. The fourth-order valence-electron chi connectivity index (χ4n) is 3.56. The van der Waals surface area contributed by atoms with Crippen molar-refractivity contribution in [1.29, 1.82) is 0 Å². The standard InChI is InChI=1S/C21H27NO5/c1-14(20(23)22-15-9-5-3-4-6-10-15)26-21(24)19-17(13-25-2)16-11-7-8-12-18(16)27-19/h7-8,11-12,14-15H,3-6,9-10,13H2,1-2H3,(H,22,23)/t14-/m0/s1. The van der Waals surface area contributed by atoms with Crippen molar-refractivity contribution < 1.29 is 23.5 Å². The molecule has 1 atom stereocenters. The van der Waals surface area contributed by atoms with Crippen molar-refractivity contribution >= 4 is 22.8 Å². The Bertz CT molecular complexity index is 789. The molecule has 0 unspecified atom stereocenters. The molecule has 6 nitrogen and oxygen atoms in total. The number of hydrogen-bond donors (Lipinski definition) is 1. The van der Waals surface area contributed by atoms with Crippen molar-refractivity contribution in [2.45, 2.75) is 64.2 Å². The van der Waals surface area contributed by atoms with Crippen LogP contribution in [0.2, 0.25) is 0 Å². The first-order chi connectivity index (χ1) is 13.1. The van der Waals surface area contributed by atoms with Gasteiger partial charge in [-0.05, 0) is 25.8 Å². The first kappa shape index (κ1) is 19.4. The largest absolute Gasteiger partial charge is 0.449 e. The monoisotopic (exact) mass is 373 g/mol. The number of amides is 1. The predicted molar refractivity (Wildman–Crippen MR) is 101 cm³/mol. The van der Waals surface area contributed by atoms with Gasteiger partial charge < -0.3 is 19.2 Å². The highest BCUT2D eigenvalue weighted by Gasteiger charge is 2.27. The number of rotatable bonds is 6. The summed E-state index contributed by atoms with van der Waals surface area (Å²) in [6.07, 6.45) is 5.75. The summed E-state index contributed by atoms with van der Waals surface area (Å²) in [4.78, 5) is 25.0. The Morgan fingerprint density at radius 3 is 2.59 bits per heavy atom. The van der Waals surface area contributed by atoms with E-state index in [0.29, 0.717) is 11.1 Å². The number of carbonyl (C=O) groups excluding carboxylic acids is 2. The molecule has 0 aliphatic heterocycles. The van der Waals surface area contributed by atoms with Gasteiger partial charge >= 0.3 is 5.97 Å². The number of ether oxygens (including phenoxy) is 2. The van der Waals surface area contributed by atoms with Gasteiger partial charge in [0.05, 0.1) is 6.61 Å². The molecule has 3 rings (SSSR count). The van der Waals surface area contributed by atoms with E-state index in [1.54, 1.807) is 20.1 Å². The van der Waals surface area contributed by atoms with Crippen molar-refractivity contribution in [3.05, 3.63) is 35.6 Å². The molecule has 1 heterocycles. The second-order valence-electron chi connectivity index (χ2n) is 7.08. The Balaban J connectivity index is 1.68. The summed E-state index contributed by atoms with van der Waals surface area (Å²) in [5.74, 6) is -0.825. The third-order valence-electron chi connectivity index (χ3n) is 5.03. The van der Waals surface area contributed by atoms with Crippen LogP contribution in [0.1, 0.15) is 61.6 Å². The van der Waals surface area contributed by atoms with Gasteiger partial charge in [-0.1, -0.05) is 43.9 Å². The van der Waals surface area contributed by atoms with E-state index >= 15 is 0 Å². The maximum Gasteiger partial charge on any atom is 0.375 e. The number of para-hydroxylation sites is 1. The smallest absolute Gasteiger partial charge is 0.375 e. The number of furan rings is 1. The minimum atomic E-state index is -0.885. The summed E-state index contributed by atoms with van der Waals surface area (Å²) in [6.45, 7) is 1.81. The number of carbonyl (C=O) groups is 2. The van der Waals surface area contributed by atoms with E-state index in [1.807, 2.05) is 18.2 Å². The molecule has 1 aliphatic carbocycles. The van der Waals surface area contributed by atoms with E-state index in [1.165, 1.54) is 12.8 Å². The van der Waals surface area contributed by atoms with Crippen LogP contribution in [0, 0.1) is 0 Å². The first-order valence-electron chi connectivity index (χ1n) is 9.61. The summed E-state index contributed by atoms with van der Waals surface area (Å²) >= 11 is 0. The fourth-order valence-corrected chi connectivity index (χ4v) is 3.56. The number of methoxy groups -OCH3 is 1. The molecule has 0 saturated heterocycles. The molecule has 1 amide bonds. The SMILES string of the molecule is COCc1c(C(=O)O[C@@H](C)C(=O)NC2CCCCCC2)oc2ccccc12. The molecule has 2 aromatic rings. The van der Waals surface area contributed by atoms with Gasteiger partial charge in [0.2, 0.25) is 5.76 Å². The molecule has 1 fully saturated rings. The Hall–Kier alpha value is -2.34. The zero-order valence-electron chi connectivity index (χ0n) is 16.0. The zero-order chi connectivity index (χ0) is 19.2. The van der Waals surface area contributed by atoms with Crippen molar-refractivity contribution in [1.82, 2.24) is 5.32 Å². The van der Waals surface area contributed by atoms with Gasteiger partial charge in [0.25, 0.3) is 5.91 Å². The second kappa shape index (κ2) is 9.04. The molecular weight excluding hydrogens is 346 g/mol. The van der Waals surface area contributed by atoms with E-state index < -0.39 is 12.1 Å². The van der Waals surface area contributed by atoms with Gasteiger partial charge in [-0.25, -0.2) is 4.79 Å². The molecule has 1 aromatic carbocycles. The highest BCUT2D eigenvalue weighted by molar-refractivity contribution is 5.97. The lowest BCUT2D eigenvalue weighted by Crippen LogP contribution is -2.41. The van der Waals surface area contributed by atoms with E-state index in [4.69, 9.17) is 13.9 Å². The van der Waals surface area contributed by atoms with Crippen molar-refractivity contribution in [2.24, 2.45) is 0 Å². The average Bonchev–Trinajstić information content (AvgIpc) is 2.83. The number of hydrogen-bond acceptors (Lipinski definition) is 5. The summed E-state index contributed by atoms with van der Waals surface area (Å²) in [5.41, 5.74) is 1.22. The molecule has 1 aromatic heterocycles. The van der Waals surface area contributed by atoms with Crippen LogP contribution in [0.3, 0.4) is 0 Å². The van der Waals surface area contributed by atoms with E-state index in [0.717, 1.165) is 31.1 Å². The van der Waals surface area contributed by atoms with Crippen molar-refractivity contribution in [2.75, 3.05) is 7.11 Å². The van der Waals surface area contributed by atoms with Crippen LogP contribution in [0.4, 0.5) is 0 Å². The molecule has 0 spiro atoms.